The van der Waals surface area contributed by atoms with Crippen LogP contribution in [0.5, 0.6) is 0 Å². The van der Waals surface area contributed by atoms with E-state index >= 15 is 0 Å². The van der Waals surface area contributed by atoms with E-state index in [1.807, 2.05) is 66.7 Å². The summed E-state index contributed by atoms with van der Waals surface area (Å²) in [4.78, 5) is 16.7. The number of pyridine rings is 1. The number of nitrogens with zero attached hydrogens (tertiary/aromatic N) is 1. The summed E-state index contributed by atoms with van der Waals surface area (Å²) in [5.41, 5.74) is 3.15. The largest absolute Gasteiger partial charge is 0.451 e. The van der Waals surface area contributed by atoms with Gasteiger partial charge in [0.05, 0.1) is 17.1 Å². The number of esters is 1. The molecular formula is C20H15NO2. The summed E-state index contributed by atoms with van der Waals surface area (Å²) in [5, 5.41) is 1.07. The Morgan fingerprint density at radius 1 is 0.913 bits per heavy atom. The smallest absolute Gasteiger partial charge is 0.334 e. The number of benzene rings is 2. The third kappa shape index (κ3) is 2.30. The maximum absolute atomic E-state index is 12.1. The second kappa shape index (κ2) is 5.36. The van der Waals surface area contributed by atoms with Gasteiger partial charge in [-0.1, -0.05) is 61.2 Å². The fraction of sp³-hybridized carbons (Fsp3) is 0.100. The van der Waals surface area contributed by atoms with E-state index in [4.69, 9.17) is 4.74 Å². The molecule has 0 saturated carbocycles. The fourth-order valence-electron chi connectivity index (χ4n) is 3.08. The van der Waals surface area contributed by atoms with Gasteiger partial charge in [-0.15, -0.1) is 0 Å². The van der Waals surface area contributed by atoms with Crippen LogP contribution in [-0.2, 0) is 9.53 Å². The Morgan fingerprint density at radius 3 is 2.48 bits per heavy atom. The van der Waals surface area contributed by atoms with Crippen LogP contribution in [-0.4, -0.2) is 11.0 Å². The van der Waals surface area contributed by atoms with Gasteiger partial charge in [0.2, 0.25) is 0 Å². The lowest BCUT2D eigenvalue weighted by atomic mass is 9.87. The van der Waals surface area contributed by atoms with Crippen molar-refractivity contribution in [1.29, 1.82) is 0 Å². The highest BCUT2D eigenvalue weighted by Crippen LogP contribution is 2.44. The number of para-hydroxylation sites is 1. The van der Waals surface area contributed by atoms with E-state index in [0.717, 1.165) is 22.2 Å². The van der Waals surface area contributed by atoms with Crippen LogP contribution in [0.25, 0.3) is 10.9 Å². The van der Waals surface area contributed by atoms with Crippen LogP contribution in [0.3, 0.4) is 0 Å². The number of carbonyl (C=O) groups excluding carboxylic acids is 1. The Hall–Kier alpha value is -2.94. The number of fused-ring (bicyclic) bond motifs is 1. The monoisotopic (exact) mass is 301 g/mol. The zero-order valence-corrected chi connectivity index (χ0v) is 12.5. The number of rotatable bonds is 2. The molecule has 0 aliphatic carbocycles. The predicted molar refractivity (Wildman–Crippen MR) is 88.9 cm³/mol. The first kappa shape index (κ1) is 13.7. The van der Waals surface area contributed by atoms with Crippen LogP contribution in [0.1, 0.15) is 23.3 Å². The molecule has 2 atom stereocenters. The van der Waals surface area contributed by atoms with E-state index in [9.17, 15) is 4.79 Å². The van der Waals surface area contributed by atoms with Crippen molar-refractivity contribution in [3.63, 3.8) is 0 Å². The minimum absolute atomic E-state index is 0.197. The number of aromatic nitrogens is 1. The van der Waals surface area contributed by atoms with Crippen molar-refractivity contribution in [2.45, 2.75) is 12.0 Å². The minimum Gasteiger partial charge on any atom is -0.451 e. The molecule has 1 saturated heterocycles. The van der Waals surface area contributed by atoms with Crippen LogP contribution in [0.2, 0.25) is 0 Å². The second-order valence-corrected chi connectivity index (χ2v) is 5.67. The third-order valence-corrected chi connectivity index (χ3v) is 4.24. The van der Waals surface area contributed by atoms with E-state index < -0.39 is 6.10 Å². The standard InChI is InChI=1S/C20H15NO2/c1-13-18(15-8-3-2-4-9-15)19(23-20(13)22)17-12-11-14-7-5-6-10-16(14)21-17/h2-12,18-19H,1H2/t18-,19+/m0/s1. The van der Waals surface area contributed by atoms with Crippen LogP contribution in [0.4, 0.5) is 0 Å². The normalized spacial score (nSPS) is 20.7. The lowest BCUT2D eigenvalue weighted by molar-refractivity contribution is -0.139. The Kier molecular flexibility index (Phi) is 3.19. The number of hydrogen-bond donors (Lipinski definition) is 0. The summed E-state index contributed by atoms with van der Waals surface area (Å²) in [7, 11) is 0. The third-order valence-electron chi connectivity index (χ3n) is 4.24. The molecule has 23 heavy (non-hydrogen) atoms. The Bertz CT molecular complexity index is 902. The molecule has 4 rings (SSSR count). The van der Waals surface area contributed by atoms with Crippen molar-refractivity contribution >= 4 is 16.9 Å². The summed E-state index contributed by atoms with van der Waals surface area (Å²) in [6.45, 7) is 3.93. The molecule has 0 N–H and O–H groups in total. The molecule has 0 unspecified atom stereocenters. The molecule has 1 fully saturated rings. The maximum atomic E-state index is 12.1. The van der Waals surface area contributed by atoms with Gasteiger partial charge < -0.3 is 4.74 Å². The van der Waals surface area contributed by atoms with Gasteiger partial charge >= 0.3 is 5.97 Å². The molecule has 1 aliphatic heterocycles. The molecule has 3 nitrogen and oxygen atoms in total. The first-order chi connectivity index (χ1) is 11.2. The zero-order chi connectivity index (χ0) is 15.8. The minimum atomic E-state index is -0.429. The van der Waals surface area contributed by atoms with Gasteiger partial charge in [-0.05, 0) is 17.7 Å². The quantitative estimate of drug-likeness (QED) is 0.526. The first-order valence-electron chi connectivity index (χ1n) is 7.54. The highest BCUT2D eigenvalue weighted by atomic mass is 16.6. The number of hydrogen-bond acceptors (Lipinski definition) is 3. The van der Waals surface area contributed by atoms with E-state index in [2.05, 4.69) is 11.6 Å². The lowest BCUT2D eigenvalue weighted by Gasteiger charge is -2.18. The van der Waals surface area contributed by atoms with Gasteiger partial charge in [0.25, 0.3) is 0 Å². The van der Waals surface area contributed by atoms with E-state index in [0.29, 0.717) is 5.57 Å². The van der Waals surface area contributed by atoms with Crippen molar-refractivity contribution in [2.75, 3.05) is 0 Å². The van der Waals surface area contributed by atoms with Gasteiger partial charge in [-0.2, -0.15) is 0 Å². The topological polar surface area (TPSA) is 39.2 Å². The molecule has 2 heterocycles. The Labute approximate surface area is 134 Å². The fourth-order valence-corrected chi connectivity index (χ4v) is 3.08. The van der Waals surface area contributed by atoms with E-state index in [-0.39, 0.29) is 11.9 Å². The van der Waals surface area contributed by atoms with Gasteiger partial charge in [-0.25, -0.2) is 9.78 Å². The number of cyclic esters (lactones) is 1. The van der Waals surface area contributed by atoms with Crippen LogP contribution >= 0.6 is 0 Å². The molecule has 0 spiro atoms. The van der Waals surface area contributed by atoms with Crippen molar-refractivity contribution in [3.8, 4) is 0 Å². The molecule has 2 aromatic carbocycles. The zero-order valence-electron chi connectivity index (χ0n) is 12.5. The van der Waals surface area contributed by atoms with Crippen molar-refractivity contribution in [1.82, 2.24) is 4.98 Å². The van der Waals surface area contributed by atoms with Crippen molar-refractivity contribution in [2.24, 2.45) is 0 Å². The molecule has 0 bridgehead atoms. The maximum Gasteiger partial charge on any atom is 0.334 e. The van der Waals surface area contributed by atoms with Crippen LogP contribution in [0, 0.1) is 0 Å². The molecule has 3 heteroatoms. The second-order valence-electron chi connectivity index (χ2n) is 5.67. The van der Waals surface area contributed by atoms with Gasteiger partial charge in [0.15, 0.2) is 6.10 Å². The highest BCUT2D eigenvalue weighted by molar-refractivity contribution is 5.92. The summed E-state index contributed by atoms with van der Waals surface area (Å²) in [6, 6.07) is 21.7. The molecule has 3 aromatic rings. The SMILES string of the molecule is C=C1C(=O)O[C@H](c2ccc3ccccc3n2)[C@@H]1c1ccccc1. The number of carbonyl (C=O) groups is 1. The van der Waals surface area contributed by atoms with Gasteiger partial charge in [-0.3, -0.25) is 0 Å². The summed E-state index contributed by atoms with van der Waals surface area (Å²) >= 11 is 0. The van der Waals surface area contributed by atoms with Gasteiger partial charge in [0.1, 0.15) is 0 Å². The summed E-state index contributed by atoms with van der Waals surface area (Å²) < 4.78 is 5.57. The molecule has 1 aliphatic rings. The molecular weight excluding hydrogens is 286 g/mol. The van der Waals surface area contributed by atoms with Crippen molar-refractivity contribution in [3.05, 3.63) is 90.1 Å². The number of ether oxygens (including phenoxy) is 1. The van der Waals surface area contributed by atoms with Crippen molar-refractivity contribution < 1.29 is 9.53 Å². The van der Waals surface area contributed by atoms with Gasteiger partial charge in [0, 0.05) is 11.0 Å². The molecule has 112 valence electrons. The lowest BCUT2D eigenvalue weighted by Crippen LogP contribution is -2.08. The highest BCUT2D eigenvalue weighted by Gasteiger charge is 2.41. The van der Waals surface area contributed by atoms with Crippen LogP contribution < -0.4 is 0 Å². The molecule has 0 amide bonds. The Balaban J connectivity index is 1.81. The summed E-state index contributed by atoms with van der Waals surface area (Å²) in [6.07, 6.45) is -0.429. The van der Waals surface area contributed by atoms with E-state index in [1.165, 1.54) is 0 Å². The predicted octanol–water partition coefficient (Wildman–Crippen LogP) is 4.17. The summed E-state index contributed by atoms with van der Waals surface area (Å²) in [5.74, 6) is -0.545. The Morgan fingerprint density at radius 2 is 1.65 bits per heavy atom. The average molecular weight is 301 g/mol. The van der Waals surface area contributed by atoms with Crippen LogP contribution in [0.15, 0.2) is 78.9 Å². The first-order valence-corrected chi connectivity index (χ1v) is 7.54. The molecule has 0 radical (unpaired) electrons. The van der Waals surface area contributed by atoms with E-state index in [1.54, 1.807) is 0 Å². The average Bonchev–Trinajstić information content (AvgIpc) is 2.90. The molecule has 1 aromatic heterocycles.